The van der Waals surface area contributed by atoms with E-state index in [9.17, 15) is 4.79 Å². The molecule has 4 aromatic carbocycles. The van der Waals surface area contributed by atoms with Gasteiger partial charge in [-0.15, -0.1) is 16.9 Å². The number of nitrogens with one attached hydrogen (secondary N) is 1. The maximum atomic E-state index is 14.4. The van der Waals surface area contributed by atoms with Crippen LogP contribution < -0.4 is 14.8 Å². The molecule has 2 fully saturated rings. The first-order chi connectivity index (χ1) is 22.4. The van der Waals surface area contributed by atoms with Gasteiger partial charge in [0, 0.05) is 4.75 Å². The molecule has 2 saturated heterocycles. The molecule has 0 saturated carbocycles. The van der Waals surface area contributed by atoms with Gasteiger partial charge in [-0.05, 0) is 58.7 Å². The van der Waals surface area contributed by atoms with E-state index in [1.165, 1.54) is 0 Å². The van der Waals surface area contributed by atoms with Crippen molar-refractivity contribution in [2.75, 3.05) is 14.2 Å². The van der Waals surface area contributed by atoms with Crippen LogP contribution in [0.4, 0.5) is 0 Å². The van der Waals surface area contributed by atoms with Gasteiger partial charge in [-0.3, -0.25) is 10.1 Å². The molecule has 1 aromatic heterocycles. The monoisotopic (exact) mass is 632 g/mol. The normalized spacial score (nSPS) is 20.2. The minimum absolute atomic E-state index is 0.0286. The summed E-state index contributed by atoms with van der Waals surface area (Å²) in [4.78, 5) is 16.3. The van der Waals surface area contributed by atoms with Gasteiger partial charge in [0.15, 0.2) is 17.3 Å². The Hall–Kier alpha value is -4.67. The number of hydrogen-bond acceptors (Lipinski definition) is 8. The van der Waals surface area contributed by atoms with E-state index < -0.39 is 11.6 Å². The summed E-state index contributed by atoms with van der Waals surface area (Å²) in [5.74, 6) is 1.97. The minimum Gasteiger partial charge on any atom is -0.493 e. The molecule has 2 aliphatic rings. The molecule has 46 heavy (non-hydrogen) atoms. The van der Waals surface area contributed by atoms with Crippen molar-refractivity contribution in [3.63, 3.8) is 0 Å². The van der Waals surface area contributed by atoms with Gasteiger partial charge in [-0.2, -0.15) is 0 Å². The molecule has 234 valence electrons. The van der Waals surface area contributed by atoms with E-state index in [1.807, 2.05) is 77.7 Å². The van der Waals surface area contributed by atoms with Crippen molar-refractivity contribution in [2.45, 2.75) is 48.1 Å². The number of ether oxygens (including phenoxy) is 2. The van der Waals surface area contributed by atoms with Gasteiger partial charge in [0.1, 0.15) is 17.5 Å². The quantitative estimate of drug-likeness (QED) is 0.161. The number of methoxy groups -OCH3 is 2. The summed E-state index contributed by atoms with van der Waals surface area (Å²) >= 11 is 1.79. The van der Waals surface area contributed by atoms with Crippen LogP contribution in [-0.2, 0) is 16.9 Å². The molecule has 5 aromatic rings. The van der Waals surface area contributed by atoms with Crippen molar-refractivity contribution in [1.29, 1.82) is 0 Å². The Balaban J connectivity index is 1.24. The van der Waals surface area contributed by atoms with E-state index in [4.69, 9.17) is 9.47 Å². The molecule has 7 rings (SSSR count). The second-order valence-corrected chi connectivity index (χ2v) is 13.9. The van der Waals surface area contributed by atoms with Crippen LogP contribution in [0.1, 0.15) is 48.0 Å². The summed E-state index contributed by atoms with van der Waals surface area (Å²) in [5.41, 5.74) is 3.40. The number of nitrogens with zero attached hydrogens (tertiary/aromatic N) is 5. The number of β-lactam (4-membered cyclic amide) rings is 1. The number of amides is 1. The maximum Gasteiger partial charge on any atom is 0.244 e. The molecule has 3 heterocycles. The fourth-order valence-corrected chi connectivity index (χ4v) is 8.51. The SMILES string of the molecule is COc1ccc(Cn2nnnc2C2N3C(=O)C(NC(c4ccccc4)(c4ccccc4)c4ccccc4)[C@H]3SC2(C)C)cc1OC. The minimum atomic E-state index is -0.756. The van der Waals surface area contributed by atoms with Crippen molar-refractivity contribution in [1.82, 2.24) is 30.4 Å². The third-order valence-corrected chi connectivity index (χ3v) is 10.6. The largest absolute Gasteiger partial charge is 0.493 e. The van der Waals surface area contributed by atoms with Crippen molar-refractivity contribution >= 4 is 17.7 Å². The lowest BCUT2D eigenvalue weighted by atomic mass is 9.76. The molecule has 2 unspecified atom stereocenters. The zero-order valence-corrected chi connectivity index (χ0v) is 27.0. The van der Waals surface area contributed by atoms with E-state index in [-0.39, 0.29) is 22.1 Å². The highest BCUT2D eigenvalue weighted by atomic mass is 32.2. The second kappa shape index (κ2) is 11.9. The number of tetrazole rings is 1. The lowest BCUT2D eigenvalue weighted by Crippen LogP contribution is -2.70. The van der Waals surface area contributed by atoms with Crippen LogP contribution in [-0.4, -0.2) is 61.4 Å². The lowest BCUT2D eigenvalue weighted by Gasteiger charge is -2.49. The summed E-state index contributed by atoms with van der Waals surface area (Å²) in [5, 5.41) is 16.7. The fourth-order valence-electron chi connectivity index (χ4n) is 6.88. The fraction of sp³-hybridized carbons (Fsp3) is 0.278. The molecule has 2 aliphatic heterocycles. The Labute approximate surface area is 272 Å². The van der Waals surface area contributed by atoms with Gasteiger partial charge < -0.3 is 14.4 Å². The molecule has 0 spiro atoms. The standard InChI is InChI=1S/C36H36N6O3S/c1-35(2)31(32-38-39-40-41(32)23-24-20-21-28(44-3)29(22-24)45-4)42-33(43)30(34(42)46-35)37-36(25-14-8-5-9-15-25,26-16-10-6-11-17-26)27-18-12-7-13-19-27/h5-22,30-31,34,37H,23H2,1-4H3/t30?,31?,34-/m1/s1. The van der Waals surface area contributed by atoms with E-state index >= 15 is 0 Å². The number of hydrogen-bond donors (Lipinski definition) is 1. The first kappa shape index (κ1) is 30.0. The highest BCUT2D eigenvalue weighted by molar-refractivity contribution is 8.01. The predicted octanol–water partition coefficient (Wildman–Crippen LogP) is 5.42. The smallest absolute Gasteiger partial charge is 0.244 e. The molecule has 0 bridgehead atoms. The Morgan fingerprint density at radius 1 is 0.826 bits per heavy atom. The maximum absolute atomic E-state index is 14.4. The molecule has 10 heteroatoms. The van der Waals surface area contributed by atoms with Crippen molar-refractivity contribution < 1.29 is 14.3 Å². The Bertz CT molecular complexity index is 1740. The van der Waals surface area contributed by atoms with Gasteiger partial charge in [0.2, 0.25) is 5.91 Å². The number of fused-ring (bicyclic) bond motifs is 1. The molecule has 9 nitrogen and oxygen atoms in total. The number of carbonyl (C=O) groups is 1. The molecular weight excluding hydrogens is 597 g/mol. The number of aromatic nitrogens is 4. The van der Waals surface area contributed by atoms with Crippen molar-refractivity contribution in [3.8, 4) is 11.5 Å². The Morgan fingerprint density at radius 2 is 1.39 bits per heavy atom. The van der Waals surface area contributed by atoms with E-state index in [2.05, 4.69) is 71.1 Å². The third-order valence-electron chi connectivity index (χ3n) is 9.02. The number of benzene rings is 4. The van der Waals surface area contributed by atoms with Crippen LogP contribution in [0.5, 0.6) is 11.5 Å². The van der Waals surface area contributed by atoms with Gasteiger partial charge in [0.05, 0.1) is 26.3 Å². The zero-order chi connectivity index (χ0) is 31.9. The van der Waals surface area contributed by atoms with Crippen LogP contribution in [0.3, 0.4) is 0 Å². The number of rotatable bonds is 10. The van der Waals surface area contributed by atoms with E-state index in [1.54, 1.807) is 30.7 Å². The van der Waals surface area contributed by atoms with Crippen molar-refractivity contribution in [3.05, 3.63) is 137 Å². The summed E-state index contributed by atoms with van der Waals surface area (Å²) in [6, 6.07) is 36.1. The van der Waals surface area contributed by atoms with Gasteiger partial charge >= 0.3 is 0 Å². The highest BCUT2D eigenvalue weighted by Crippen LogP contribution is 2.57. The average Bonchev–Trinajstić information content (AvgIpc) is 3.64. The molecule has 1 N–H and O–H groups in total. The molecule has 0 radical (unpaired) electrons. The summed E-state index contributed by atoms with van der Waals surface area (Å²) in [7, 11) is 3.23. The van der Waals surface area contributed by atoms with Crippen LogP contribution in [0.15, 0.2) is 109 Å². The van der Waals surface area contributed by atoms with Crippen LogP contribution in [0, 0.1) is 0 Å². The molecule has 3 atom stereocenters. The number of thioether (sulfide) groups is 1. The average molecular weight is 633 g/mol. The summed E-state index contributed by atoms with van der Waals surface area (Å²) in [6.07, 6.45) is 0. The van der Waals surface area contributed by atoms with Gasteiger partial charge in [-0.1, -0.05) is 97.1 Å². The highest BCUT2D eigenvalue weighted by Gasteiger charge is 2.64. The van der Waals surface area contributed by atoms with E-state index in [0.29, 0.717) is 23.9 Å². The van der Waals surface area contributed by atoms with Crippen LogP contribution in [0.2, 0.25) is 0 Å². The van der Waals surface area contributed by atoms with Gasteiger partial charge in [0.25, 0.3) is 0 Å². The van der Waals surface area contributed by atoms with E-state index in [0.717, 1.165) is 22.3 Å². The molecule has 1 amide bonds. The van der Waals surface area contributed by atoms with Crippen LogP contribution in [0.25, 0.3) is 0 Å². The topological polar surface area (TPSA) is 94.4 Å². The lowest BCUT2D eigenvalue weighted by molar-refractivity contribution is -0.150. The number of carbonyl (C=O) groups excluding carboxylic acids is 1. The zero-order valence-electron chi connectivity index (χ0n) is 26.2. The predicted molar refractivity (Wildman–Crippen MR) is 178 cm³/mol. The van der Waals surface area contributed by atoms with Crippen molar-refractivity contribution in [2.24, 2.45) is 0 Å². The first-order valence-electron chi connectivity index (χ1n) is 15.3. The second-order valence-electron chi connectivity index (χ2n) is 12.1. The first-order valence-corrected chi connectivity index (χ1v) is 16.2. The molecule has 0 aliphatic carbocycles. The van der Waals surface area contributed by atoms with Crippen LogP contribution >= 0.6 is 11.8 Å². The Kier molecular flexibility index (Phi) is 7.78. The summed E-state index contributed by atoms with van der Waals surface area (Å²) in [6.45, 7) is 4.76. The summed E-state index contributed by atoms with van der Waals surface area (Å²) < 4.78 is 12.4. The molecular formula is C36H36N6O3S. The third kappa shape index (κ3) is 4.92. The van der Waals surface area contributed by atoms with Gasteiger partial charge in [-0.25, -0.2) is 4.68 Å². The Morgan fingerprint density at radius 3 is 1.93 bits per heavy atom.